The Morgan fingerprint density at radius 2 is 2.12 bits per heavy atom. The molecule has 0 aliphatic heterocycles. The molecule has 0 amide bonds. The minimum Gasteiger partial charge on any atom is -0.371 e. The van der Waals surface area contributed by atoms with Gasteiger partial charge in [0, 0.05) is 18.0 Å². The maximum Gasteiger partial charge on any atom is 0.122 e. The molecule has 0 aliphatic carbocycles. The molecule has 0 radical (unpaired) electrons. The molecule has 92 valence electrons. The second-order valence-electron chi connectivity index (χ2n) is 4.24. The molecule has 2 atom stereocenters. The summed E-state index contributed by atoms with van der Waals surface area (Å²) in [7, 11) is 1.95. The lowest BCUT2D eigenvalue weighted by Crippen LogP contribution is -2.14. The van der Waals surface area contributed by atoms with E-state index in [4.69, 9.17) is 4.74 Å². The van der Waals surface area contributed by atoms with E-state index in [0.29, 0.717) is 12.0 Å². The molecule has 0 aromatic carbocycles. The van der Waals surface area contributed by atoms with E-state index in [9.17, 15) is 0 Å². The molecule has 1 N–H and O–H groups in total. The Morgan fingerprint density at radius 1 is 1.44 bits per heavy atom. The zero-order valence-corrected chi connectivity index (χ0v) is 11.6. The summed E-state index contributed by atoms with van der Waals surface area (Å²) >= 11 is 1.69. The first kappa shape index (κ1) is 13.6. The summed E-state index contributed by atoms with van der Waals surface area (Å²) in [5.41, 5.74) is 1.10. The first-order chi connectivity index (χ1) is 7.60. The number of nitrogens with zero attached hydrogens (tertiary/aromatic N) is 1. The Morgan fingerprint density at radius 3 is 2.62 bits per heavy atom. The Hall–Kier alpha value is -0.450. The average molecular weight is 242 g/mol. The van der Waals surface area contributed by atoms with Crippen molar-refractivity contribution in [1.29, 1.82) is 0 Å². The molecule has 1 aromatic rings. The topological polar surface area (TPSA) is 34.1 Å². The van der Waals surface area contributed by atoms with Crippen molar-refractivity contribution in [2.45, 2.75) is 39.8 Å². The standard InChI is InChI=1S/C12H22N2OS/c1-6-15-11(8(2)3)12-14-10(7-16-12)9(4)13-5/h7-9,11,13H,6H2,1-5H3. The van der Waals surface area contributed by atoms with Crippen LogP contribution < -0.4 is 5.32 Å². The monoisotopic (exact) mass is 242 g/mol. The van der Waals surface area contributed by atoms with Crippen LogP contribution in [0.5, 0.6) is 0 Å². The first-order valence-electron chi connectivity index (χ1n) is 5.84. The van der Waals surface area contributed by atoms with Crippen molar-refractivity contribution in [2.75, 3.05) is 13.7 Å². The van der Waals surface area contributed by atoms with Crippen molar-refractivity contribution < 1.29 is 4.74 Å². The summed E-state index contributed by atoms with van der Waals surface area (Å²) in [5, 5.41) is 6.41. The van der Waals surface area contributed by atoms with Gasteiger partial charge >= 0.3 is 0 Å². The van der Waals surface area contributed by atoms with Crippen LogP contribution >= 0.6 is 11.3 Å². The molecular formula is C12H22N2OS. The van der Waals surface area contributed by atoms with Crippen molar-refractivity contribution in [3.05, 3.63) is 16.1 Å². The van der Waals surface area contributed by atoms with Crippen LogP contribution in [0.15, 0.2) is 5.38 Å². The number of ether oxygens (including phenoxy) is 1. The van der Waals surface area contributed by atoms with Crippen LogP contribution in [0.4, 0.5) is 0 Å². The zero-order chi connectivity index (χ0) is 12.1. The van der Waals surface area contributed by atoms with Crippen LogP contribution in [0.3, 0.4) is 0 Å². The first-order valence-corrected chi connectivity index (χ1v) is 6.72. The van der Waals surface area contributed by atoms with Gasteiger partial charge in [-0.3, -0.25) is 0 Å². The SMILES string of the molecule is CCOC(c1nc(C(C)NC)cs1)C(C)C. The Balaban J connectivity index is 2.81. The number of hydrogen-bond donors (Lipinski definition) is 1. The molecule has 0 saturated heterocycles. The van der Waals surface area contributed by atoms with E-state index in [-0.39, 0.29) is 6.10 Å². The van der Waals surface area contributed by atoms with E-state index >= 15 is 0 Å². The molecule has 0 bridgehead atoms. The van der Waals surface area contributed by atoms with E-state index in [2.05, 4.69) is 36.5 Å². The molecule has 0 spiro atoms. The number of nitrogens with one attached hydrogen (secondary N) is 1. The van der Waals surface area contributed by atoms with Crippen LogP contribution in [0.2, 0.25) is 0 Å². The Bertz CT molecular complexity index is 312. The fourth-order valence-electron chi connectivity index (χ4n) is 1.51. The average Bonchev–Trinajstić information content (AvgIpc) is 2.73. The highest BCUT2D eigenvalue weighted by Crippen LogP contribution is 2.29. The molecule has 0 saturated carbocycles. The molecule has 16 heavy (non-hydrogen) atoms. The number of aromatic nitrogens is 1. The highest BCUT2D eigenvalue weighted by Gasteiger charge is 2.20. The van der Waals surface area contributed by atoms with Crippen molar-refractivity contribution in [1.82, 2.24) is 10.3 Å². The summed E-state index contributed by atoms with van der Waals surface area (Å²) in [5.74, 6) is 0.462. The molecule has 1 aromatic heterocycles. The normalized spacial score (nSPS) is 15.4. The lowest BCUT2D eigenvalue weighted by atomic mass is 10.1. The van der Waals surface area contributed by atoms with Gasteiger partial charge < -0.3 is 10.1 Å². The molecular weight excluding hydrogens is 220 g/mol. The van der Waals surface area contributed by atoms with Crippen molar-refractivity contribution in [3.8, 4) is 0 Å². The summed E-state index contributed by atoms with van der Waals surface area (Å²) in [4.78, 5) is 4.65. The van der Waals surface area contributed by atoms with Gasteiger partial charge in [-0.15, -0.1) is 11.3 Å². The lowest BCUT2D eigenvalue weighted by molar-refractivity contribution is 0.0291. The summed E-state index contributed by atoms with van der Waals surface area (Å²) in [6.07, 6.45) is 0.132. The van der Waals surface area contributed by atoms with Crippen molar-refractivity contribution in [2.24, 2.45) is 5.92 Å². The Kier molecular flexibility index (Phi) is 5.38. The third kappa shape index (κ3) is 3.27. The molecule has 3 nitrogen and oxygen atoms in total. The van der Waals surface area contributed by atoms with E-state index in [1.807, 2.05) is 14.0 Å². The quantitative estimate of drug-likeness (QED) is 0.832. The van der Waals surface area contributed by atoms with E-state index in [1.165, 1.54) is 0 Å². The van der Waals surface area contributed by atoms with E-state index in [1.54, 1.807) is 11.3 Å². The fraction of sp³-hybridized carbons (Fsp3) is 0.750. The fourth-order valence-corrected chi connectivity index (χ4v) is 2.64. The summed E-state index contributed by atoms with van der Waals surface area (Å²) in [6, 6.07) is 0.305. The molecule has 2 unspecified atom stereocenters. The highest BCUT2D eigenvalue weighted by atomic mass is 32.1. The molecule has 1 heterocycles. The predicted octanol–water partition coefficient (Wildman–Crippen LogP) is 3.16. The van der Waals surface area contributed by atoms with Crippen molar-refractivity contribution >= 4 is 11.3 Å². The number of thiazole rings is 1. The van der Waals surface area contributed by atoms with Gasteiger partial charge in [0.15, 0.2) is 0 Å². The lowest BCUT2D eigenvalue weighted by Gasteiger charge is -2.18. The smallest absolute Gasteiger partial charge is 0.122 e. The maximum atomic E-state index is 5.74. The highest BCUT2D eigenvalue weighted by molar-refractivity contribution is 7.09. The third-order valence-electron chi connectivity index (χ3n) is 2.61. The van der Waals surface area contributed by atoms with Gasteiger partial charge in [0.05, 0.1) is 5.69 Å². The van der Waals surface area contributed by atoms with Crippen LogP contribution in [0.25, 0.3) is 0 Å². The summed E-state index contributed by atoms with van der Waals surface area (Å²) < 4.78 is 5.74. The maximum absolute atomic E-state index is 5.74. The second kappa shape index (κ2) is 6.33. The number of rotatable bonds is 6. The van der Waals surface area contributed by atoms with Gasteiger partial charge in [0.1, 0.15) is 11.1 Å². The second-order valence-corrected chi connectivity index (χ2v) is 5.13. The van der Waals surface area contributed by atoms with Gasteiger partial charge in [-0.2, -0.15) is 0 Å². The van der Waals surface area contributed by atoms with Crippen LogP contribution in [0.1, 0.15) is 50.5 Å². The van der Waals surface area contributed by atoms with Crippen LogP contribution in [0, 0.1) is 5.92 Å². The van der Waals surface area contributed by atoms with Gasteiger partial charge in [-0.1, -0.05) is 13.8 Å². The predicted molar refractivity (Wildman–Crippen MR) is 68.8 cm³/mol. The largest absolute Gasteiger partial charge is 0.371 e. The zero-order valence-electron chi connectivity index (χ0n) is 10.8. The molecule has 0 aliphatic rings. The van der Waals surface area contributed by atoms with Crippen LogP contribution in [-0.4, -0.2) is 18.6 Å². The van der Waals surface area contributed by atoms with Gasteiger partial charge in [0.2, 0.25) is 0 Å². The molecule has 1 rings (SSSR count). The van der Waals surface area contributed by atoms with Crippen molar-refractivity contribution in [3.63, 3.8) is 0 Å². The molecule has 0 fully saturated rings. The van der Waals surface area contributed by atoms with Gasteiger partial charge in [-0.05, 0) is 26.8 Å². The van der Waals surface area contributed by atoms with Crippen LogP contribution in [-0.2, 0) is 4.74 Å². The third-order valence-corrected chi connectivity index (χ3v) is 3.54. The minimum absolute atomic E-state index is 0.132. The minimum atomic E-state index is 0.132. The van der Waals surface area contributed by atoms with Gasteiger partial charge in [-0.25, -0.2) is 4.98 Å². The summed E-state index contributed by atoms with van der Waals surface area (Å²) in [6.45, 7) is 9.22. The van der Waals surface area contributed by atoms with E-state index < -0.39 is 0 Å². The Labute approximate surface area is 102 Å². The van der Waals surface area contributed by atoms with E-state index in [0.717, 1.165) is 17.3 Å². The van der Waals surface area contributed by atoms with Gasteiger partial charge in [0.25, 0.3) is 0 Å². The molecule has 4 heteroatoms. The number of hydrogen-bond acceptors (Lipinski definition) is 4.